The van der Waals surface area contributed by atoms with Gasteiger partial charge in [-0.15, -0.1) is 0 Å². The van der Waals surface area contributed by atoms with Crippen LogP contribution in [0.4, 0.5) is 5.69 Å². The molecule has 0 aliphatic carbocycles. The molecule has 138 valence electrons. The van der Waals surface area contributed by atoms with Crippen molar-refractivity contribution in [2.45, 2.75) is 25.9 Å². The van der Waals surface area contributed by atoms with Crippen molar-refractivity contribution in [3.8, 4) is 0 Å². The van der Waals surface area contributed by atoms with Crippen LogP contribution in [0.25, 0.3) is 0 Å². The third kappa shape index (κ3) is 4.54. The molecule has 0 bridgehead atoms. The number of pyridine rings is 1. The van der Waals surface area contributed by atoms with Crippen LogP contribution >= 0.6 is 11.6 Å². The fourth-order valence-electron chi connectivity index (χ4n) is 3.26. The fourth-order valence-corrected chi connectivity index (χ4v) is 3.43. The van der Waals surface area contributed by atoms with E-state index in [1.807, 2.05) is 35.2 Å². The standard InChI is InChI=1S/C20H24ClN3O2/c1-15-5-6-16(21)14-18(15)23-10-12-24(13-11-23)20(26)8-7-19(25)17-4-2-3-9-22-17/h2-6,9,14,19,25H,7-8,10-13H2,1H3. The Hall–Kier alpha value is -2.11. The second kappa shape index (κ2) is 8.52. The maximum atomic E-state index is 12.5. The lowest BCUT2D eigenvalue weighted by Crippen LogP contribution is -2.49. The van der Waals surface area contributed by atoms with Gasteiger partial charge in [0.05, 0.1) is 11.8 Å². The van der Waals surface area contributed by atoms with Gasteiger partial charge in [-0.1, -0.05) is 23.7 Å². The topological polar surface area (TPSA) is 56.7 Å². The van der Waals surface area contributed by atoms with Crippen molar-refractivity contribution in [3.63, 3.8) is 0 Å². The minimum absolute atomic E-state index is 0.0856. The molecule has 26 heavy (non-hydrogen) atoms. The average Bonchev–Trinajstić information content (AvgIpc) is 2.68. The van der Waals surface area contributed by atoms with Gasteiger partial charge in [-0.25, -0.2) is 0 Å². The first-order valence-electron chi connectivity index (χ1n) is 8.92. The summed E-state index contributed by atoms with van der Waals surface area (Å²) in [6.45, 7) is 5.02. The van der Waals surface area contributed by atoms with Crippen LogP contribution in [0.5, 0.6) is 0 Å². The maximum absolute atomic E-state index is 12.5. The van der Waals surface area contributed by atoms with Gasteiger partial charge in [0.2, 0.25) is 5.91 Å². The van der Waals surface area contributed by atoms with Gasteiger partial charge in [0.15, 0.2) is 0 Å². The molecule has 1 aliphatic rings. The molecule has 1 N–H and O–H groups in total. The van der Waals surface area contributed by atoms with Crippen molar-refractivity contribution in [1.29, 1.82) is 0 Å². The molecular weight excluding hydrogens is 350 g/mol. The highest BCUT2D eigenvalue weighted by atomic mass is 35.5. The van der Waals surface area contributed by atoms with Crippen molar-refractivity contribution in [3.05, 3.63) is 58.9 Å². The molecule has 1 aliphatic heterocycles. The third-order valence-corrected chi connectivity index (χ3v) is 5.04. The lowest BCUT2D eigenvalue weighted by atomic mass is 10.1. The number of nitrogens with zero attached hydrogens (tertiary/aromatic N) is 3. The molecule has 2 heterocycles. The number of hydrogen-bond acceptors (Lipinski definition) is 4. The highest BCUT2D eigenvalue weighted by molar-refractivity contribution is 6.30. The molecule has 0 radical (unpaired) electrons. The zero-order valence-corrected chi connectivity index (χ0v) is 15.7. The molecule has 1 aromatic carbocycles. The van der Waals surface area contributed by atoms with E-state index < -0.39 is 6.10 Å². The first-order valence-corrected chi connectivity index (χ1v) is 9.30. The molecule has 2 aromatic rings. The Labute approximate surface area is 159 Å². The quantitative estimate of drug-likeness (QED) is 0.874. The summed E-state index contributed by atoms with van der Waals surface area (Å²) < 4.78 is 0. The van der Waals surface area contributed by atoms with Gasteiger partial charge in [0.25, 0.3) is 0 Å². The number of aliphatic hydroxyl groups excluding tert-OH is 1. The van der Waals surface area contributed by atoms with E-state index in [4.69, 9.17) is 11.6 Å². The van der Waals surface area contributed by atoms with Crippen LogP contribution in [0.1, 0.15) is 30.2 Å². The van der Waals surface area contributed by atoms with Crippen molar-refractivity contribution >= 4 is 23.2 Å². The van der Waals surface area contributed by atoms with Gasteiger partial charge in [0.1, 0.15) is 0 Å². The molecule has 1 amide bonds. The zero-order valence-electron chi connectivity index (χ0n) is 14.9. The van der Waals surface area contributed by atoms with Crippen LogP contribution in [0, 0.1) is 6.92 Å². The summed E-state index contributed by atoms with van der Waals surface area (Å²) in [6, 6.07) is 11.3. The fraction of sp³-hybridized carbons (Fsp3) is 0.400. The van der Waals surface area contributed by atoms with E-state index in [9.17, 15) is 9.90 Å². The lowest BCUT2D eigenvalue weighted by Gasteiger charge is -2.37. The van der Waals surface area contributed by atoms with E-state index >= 15 is 0 Å². The summed E-state index contributed by atoms with van der Waals surface area (Å²) in [7, 11) is 0. The number of benzene rings is 1. The van der Waals surface area contributed by atoms with Crippen LogP contribution in [0.3, 0.4) is 0 Å². The van der Waals surface area contributed by atoms with Gasteiger partial charge >= 0.3 is 0 Å². The predicted octanol–water partition coefficient (Wildman–Crippen LogP) is 3.21. The summed E-state index contributed by atoms with van der Waals surface area (Å²) in [5, 5.41) is 10.9. The number of hydrogen-bond donors (Lipinski definition) is 1. The molecule has 1 atom stereocenters. The molecule has 1 saturated heterocycles. The van der Waals surface area contributed by atoms with E-state index in [1.165, 1.54) is 5.56 Å². The number of piperazine rings is 1. The molecule has 3 rings (SSSR count). The summed E-state index contributed by atoms with van der Waals surface area (Å²) >= 11 is 6.12. The smallest absolute Gasteiger partial charge is 0.222 e. The Bertz CT molecular complexity index is 746. The average molecular weight is 374 g/mol. The third-order valence-electron chi connectivity index (χ3n) is 4.81. The van der Waals surface area contributed by atoms with Crippen LogP contribution in [0.15, 0.2) is 42.6 Å². The summed E-state index contributed by atoms with van der Waals surface area (Å²) in [5.74, 6) is 0.0856. The van der Waals surface area contributed by atoms with Crippen molar-refractivity contribution < 1.29 is 9.90 Å². The van der Waals surface area contributed by atoms with E-state index in [0.29, 0.717) is 31.6 Å². The van der Waals surface area contributed by atoms with Crippen molar-refractivity contribution in [2.24, 2.45) is 0 Å². The summed E-state index contributed by atoms with van der Waals surface area (Å²) in [5.41, 5.74) is 2.93. The number of halogens is 1. The molecule has 0 saturated carbocycles. The Morgan fingerprint density at radius 2 is 2.00 bits per heavy atom. The number of anilines is 1. The normalized spacial score (nSPS) is 15.8. The SMILES string of the molecule is Cc1ccc(Cl)cc1N1CCN(C(=O)CCC(O)c2ccccn2)CC1. The molecule has 0 spiro atoms. The maximum Gasteiger partial charge on any atom is 0.222 e. The molecule has 1 aromatic heterocycles. The van der Waals surface area contributed by atoms with Crippen LogP contribution in [-0.4, -0.2) is 47.1 Å². The number of carbonyl (C=O) groups is 1. The first kappa shape index (κ1) is 18.7. The summed E-state index contributed by atoms with van der Waals surface area (Å²) in [6.07, 6.45) is 1.67. The lowest BCUT2D eigenvalue weighted by molar-refractivity contribution is -0.132. The second-order valence-electron chi connectivity index (χ2n) is 6.61. The zero-order chi connectivity index (χ0) is 18.5. The van der Waals surface area contributed by atoms with Gasteiger partial charge in [-0.3, -0.25) is 9.78 Å². The highest BCUT2D eigenvalue weighted by Gasteiger charge is 2.23. The number of aromatic nitrogens is 1. The Kier molecular flexibility index (Phi) is 6.12. The number of aliphatic hydroxyl groups is 1. The van der Waals surface area contributed by atoms with Gasteiger partial charge in [-0.2, -0.15) is 0 Å². The molecule has 5 nitrogen and oxygen atoms in total. The largest absolute Gasteiger partial charge is 0.387 e. The van der Waals surface area contributed by atoms with Crippen LogP contribution in [0.2, 0.25) is 5.02 Å². The molecule has 6 heteroatoms. The Balaban J connectivity index is 1.50. The van der Waals surface area contributed by atoms with Gasteiger partial charge in [-0.05, 0) is 43.2 Å². The van der Waals surface area contributed by atoms with Crippen molar-refractivity contribution in [2.75, 3.05) is 31.1 Å². The van der Waals surface area contributed by atoms with Crippen LogP contribution < -0.4 is 4.90 Å². The molecule has 1 unspecified atom stereocenters. The molecular formula is C20H24ClN3O2. The van der Waals surface area contributed by atoms with E-state index in [-0.39, 0.29) is 5.91 Å². The van der Waals surface area contributed by atoms with Crippen LogP contribution in [-0.2, 0) is 4.79 Å². The highest BCUT2D eigenvalue weighted by Crippen LogP contribution is 2.25. The van der Waals surface area contributed by atoms with E-state index in [1.54, 1.807) is 12.3 Å². The monoisotopic (exact) mass is 373 g/mol. The minimum atomic E-state index is -0.699. The van der Waals surface area contributed by atoms with Gasteiger partial charge in [0, 0.05) is 49.5 Å². The predicted molar refractivity (Wildman–Crippen MR) is 103 cm³/mol. The number of rotatable bonds is 5. The molecule has 1 fully saturated rings. The van der Waals surface area contributed by atoms with Crippen molar-refractivity contribution in [1.82, 2.24) is 9.88 Å². The van der Waals surface area contributed by atoms with Gasteiger partial charge < -0.3 is 14.9 Å². The Morgan fingerprint density at radius 1 is 1.23 bits per heavy atom. The van der Waals surface area contributed by atoms with E-state index in [2.05, 4.69) is 16.8 Å². The number of carbonyl (C=O) groups excluding carboxylic acids is 1. The first-order chi connectivity index (χ1) is 12.5. The number of amides is 1. The van der Waals surface area contributed by atoms with E-state index in [0.717, 1.165) is 23.8 Å². The number of aryl methyl sites for hydroxylation is 1. The summed E-state index contributed by atoms with van der Waals surface area (Å²) in [4.78, 5) is 20.7. The second-order valence-corrected chi connectivity index (χ2v) is 7.04. The minimum Gasteiger partial charge on any atom is -0.387 e. The Morgan fingerprint density at radius 3 is 2.69 bits per heavy atom.